The van der Waals surface area contributed by atoms with E-state index in [1.54, 1.807) is 6.20 Å². The molecule has 0 aliphatic heterocycles. The molecule has 120 valence electrons. The predicted octanol–water partition coefficient (Wildman–Crippen LogP) is 1.50. The average molecular weight is 313 g/mol. The monoisotopic (exact) mass is 313 g/mol. The van der Waals surface area contributed by atoms with Gasteiger partial charge < -0.3 is 10.6 Å². The number of carbonyl (C=O) groups excluding carboxylic acids is 2. The number of nitrogens with zero attached hydrogens (tertiary/aromatic N) is 3. The van der Waals surface area contributed by atoms with E-state index in [1.807, 2.05) is 37.3 Å². The summed E-state index contributed by atoms with van der Waals surface area (Å²) in [5.74, 6) is 0.298. The van der Waals surface area contributed by atoms with Crippen molar-refractivity contribution in [2.75, 3.05) is 5.32 Å². The zero-order valence-electron chi connectivity index (χ0n) is 12.9. The summed E-state index contributed by atoms with van der Waals surface area (Å²) in [5.41, 5.74) is 1.04. The molecule has 1 aliphatic rings. The van der Waals surface area contributed by atoms with Crippen molar-refractivity contribution in [1.29, 1.82) is 0 Å². The van der Waals surface area contributed by atoms with Crippen molar-refractivity contribution in [2.45, 2.75) is 32.4 Å². The minimum atomic E-state index is -0.161. The van der Waals surface area contributed by atoms with E-state index in [9.17, 15) is 9.59 Å². The minimum Gasteiger partial charge on any atom is -0.348 e. The van der Waals surface area contributed by atoms with Gasteiger partial charge in [-0.15, -0.1) is 5.10 Å². The fraction of sp³-hybridized carbons (Fsp3) is 0.375. The zero-order chi connectivity index (χ0) is 16.2. The number of hydrogen-bond donors (Lipinski definition) is 2. The molecule has 7 nitrogen and oxygen atoms in total. The Morgan fingerprint density at radius 1 is 1.30 bits per heavy atom. The molecule has 1 unspecified atom stereocenters. The average Bonchev–Trinajstić information content (AvgIpc) is 3.31. The van der Waals surface area contributed by atoms with Crippen molar-refractivity contribution in [3.05, 3.63) is 42.1 Å². The molecule has 2 aromatic rings. The number of amides is 2. The lowest BCUT2D eigenvalue weighted by Gasteiger charge is -2.13. The molecule has 2 amide bonds. The summed E-state index contributed by atoms with van der Waals surface area (Å²) in [6.45, 7) is 1.99. The first-order chi connectivity index (χ1) is 11.1. The molecule has 2 N–H and O–H groups in total. The highest BCUT2D eigenvalue weighted by Crippen LogP contribution is 2.29. The number of carbonyl (C=O) groups is 2. The summed E-state index contributed by atoms with van der Waals surface area (Å²) < 4.78 is 1.41. The first-order valence-corrected chi connectivity index (χ1v) is 7.67. The lowest BCUT2D eigenvalue weighted by Crippen LogP contribution is -2.30. The lowest BCUT2D eigenvalue weighted by atomic mass is 10.1. The van der Waals surface area contributed by atoms with Crippen molar-refractivity contribution in [3.8, 4) is 0 Å². The molecule has 1 atom stereocenters. The quantitative estimate of drug-likeness (QED) is 0.846. The topological polar surface area (TPSA) is 88.9 Å². The molecule has 3 rings (SSSR count). The SMILES string of the molecule is CC(NC(=O)Cn1cc(NC(=O)C2CC2)nn1)c1ccccc1. The van der Waals surface area contributed by atoms with E-state index in [-0.39, 0.29) is 30.3 Å². The third kappa shape index (κ3) is 4.15. The lowest BCUT2D eigenvalue weighted by molar-refractivity contribution is -0.122. The normalized spacial score (nSPS) is 15.0. The Balaban J connectivity index is 1.51. The second-order valence-electron chi connectivity index (χ2n) is 5.76. The van der Waals surface area contributed by atoms with Crippen molar-refractivity contribution >= 4 is 17.6 Å². The molecule has 1 aromatic carbocycles. The second-order valence-corrected chi connectivity index (χ2v) is 5.76. The molecule has 1 aliphatic carbocycles. The van der Waals surface area contributed by atoms with Gasteiger partial charge in [0.05, 0.1) is 12.2 Å². The van der Waals surface area contributed by atoms with Gasteiger partial charge in [-0.25, -0.2) is 4.68 Å². The van der Waals surface area contributed by atoms with Gasteiger partial charge in [0.1, 0.15) is 6.54 Å². The Morgan fingerprint density at radius 3 is 2.74 bits per heavy atom. The van der Waals surface area contributed by atoms with E-state index >= 15 is 0 Å². The first-order valence-electron chi connectivity index (χ1n) is 7.67. The van der Waals surface area contributed by atoms with Crippen LogP contribution in [0.2, 0.25) is 0 Å². The van der Waals surface area contributed by atoms with Crippen molar-refractivity contribution in [2.24, 2.45) is 5.92 Å². The van der Waals surface area contributed by atoms with Crippen LogP contribution in [0, 0.1) is 5.92 Å². The molecule has 7 heteroatoms. The molecule has 1 fully saturated rings. The Kier molecular flexibility index (Phi) is 4.36. The van der Waals surface area contributed by atoms with E-state index in [0.29, 0.717) is 5.82 Å². The molecule has 1 heterocycles. The molecule has 23 heavy (non-hydrogen) atoms. The molecule has 0 radical (unpaired) electrons. The van der Waals surface area contributed by atoms with Crippen molar-refractivity contribution in [1.82, 2.24) is 20.3 Å². The molecule has 0 spiro atoms. The Bertz CT molecular complexity index is 694. The summed E-state index contributed by atoms with van der Waals surface area (Å²) in [4.78, 5) is 23.7. The van der Waals surface area contributed by atoms with Gasteiger partial charge in [0.2, 0.25) is 11.8 Å². The molecule has 0 saturated heterocycles. The molecular weight excluding hydrogens is 294 g/mol. The van der Waals surface area contributed by atoms with Crippen LogP contribution < -0.4 is 10.6 Å². The smallest absolute Gasteiger partial charge is 0.242 e. The molecule has 0 bridgehead atoms. The van der Waals surface area contributed by atoms with E-state index < -0.39 is 0 Å². The van der Waals surface area contributed by atoms with Crippen LogP contribution in [0.4, 0.5) is 5.82 Å². The van der Waals surface area contributed by atoms with Crippen LogP contribution in [0.25, 0.3) is 0 Å². The highest BCUT2D eigenvalue weighted by Gasteiger charge is 2.30. The zero-order valence-corrected chi connectivity index (χ0v) is 12.9. The molecular formula is C16H19N5O2. The van der Waals surface area contributed by atoms with Gasteiger partial charge in [-0.05, 0) is 25.3 Å². The largest absolute Gasteiger partial charge is 0.348 e. The van der Waals surface area contributed by atoms with Gasteiger partial charge in [0.25, 0.3) is 0 Å². The summed E-state index contributed by atoms with van der Waals surface area (Å²) in [7, 11) is 0. The van der Waals surface area contributed by atoms with E-state index in [4.69, 9.17) is 0 Å². The number of anilines is 1. The summed E-state index contributed by atoms with van der Waals surface area (Å²) in [6.07, 6.45) is 3.42. The third-order valence-corrected chi connectivity index (χ3v) is 3.72. The summed E-state index contributed by atoms with van der Waals surface area (Å²) >= 11 is 0. The van der Waals surface area contributed by atoms with Gasteiger partial charge in [0, 0.05) is 5.92 Å². The van der Waals surface area contributed by atoms with Crippen molar-refractivity contribution < 1.29 is 9.59 Å². The number of hydrogen-bond acceptors (Lipinski definition) is 4. The number of nitrogens with one attached hydrogen (secondary N) is 2. The Morgan fingerprint density at radius 2 is 2.04 bits per heavy atom. The fourth-order valence-corrected chi connectivity index (χ4v) is 2.27. The van der Waals surface area contributed by atoms with Gasteiger partial charge >= 0.3 is 0 Å². The summed E-state index contributed by atoms with van der Waals surface area (Å²) in [5, 5.41) is 13.3. The van der Waals surface area contributed by atoms with Crippen LogP contribution in [-0.2, 0) is 16.1 Å². The van der Waals surface area contributed by atoms with E-state index in [2.05, 4.69) is 20.9 Å². The van der Waals surface area contributed by atoms with Crippen LogP contribution in [0.15, 0.2) is 36.5 Å². The first kappa shape index (κ1) is 15.2. The molecule has 1 saturated carbocycles. The van der Waals surface area contributed by atoms with Crippen molar-refractivity contribution in [3.63, 3.8) is 0 Å². The minimum absolute atomic E-state index is 0.0285. The maximum absolute atomic E-state index is 12.1. The predicted molar refractivity (Wildman–Crippen MR) is 84.4 cm³/mol. The Labute approximate surface area is 134 Å². The highest BCUT2D eigenvalue weighted by molar-refractivity contribution is 5.93. The Hall–Kier alpha value is -2.70. The highest BCUT2D eigenvalue weighted by atomic mass is 16.2. The van der Waals surface area contributed by atoms with Crippen LogP contribution >= 0.6 is 0 Å². The van der Waals surface area contributed by atoms with Gasteiger partial charge in [0.15, 0.2) is 5.82 Å². The maximum Gasteiger partial charge on any atom is 0.242 e. The molecule has 1 aromatic heterocycles. The maximum atomic E-state index is 12.1. The number of aromatic nitrogens is 3. The van der Waals surface area contributed by atoms with Gasteiger partial charge in [-0.2, -0.15) is 0 Å². The van der Waals surface area contributed by atoms with Crippen LogP contribution in [0.5, 0.6) is 0 Å². The number of rotatable bonds is 6. The van der Waals surface area contributed by atoms with E-state index in [1.165, 1.54) is 4.68 Å². The van der Waals surface area contributed by atoms with Crippen LogP contribution in [-0.4, -0.2) is 26.8 Å². The second kappa shape index (κ2) is 6.60. The van der Waals surface area contributed by atoms with Gasteiger partial charge in [-0.3, -0.25) is 9.59 Å². The van der Waals surface area contributed by atoms with Crippen LogP contribution in [0.3, 0.4) is 0 Å². The van der Waals surface area contributed by atoms with E-state index in [0.717, 1.165) is 18.4 Å². The standard InChI is InChI=1S/C16H19N5O2/c1-11(12-5-3-2-4-6-12)17-15(22)10-21-9-14(19-20-21)18-16(23)13-7-8-13/h2-6,9,11,13H,7-8,10H2,1H3,(H,17,22)(H,18,23). The van der Waals surface area contributed by atoms with Gasteiger partial charge in [-0.1, -0.05) is 35.5 Å². The van der Waals surface area contributed by atoms with Crippen LogP contribution in [0.1, 0.15) is 31.4 Å². The third-order valence-electron chi connectivity index (χ3n) is 3.72. The summed E-state index contributed by atoms with van der Waals surface area (Å²) in [6, 6.07) is 9.65. The fourth-order valence-electron chi connectivity index (χ4n) is 2.27. The number of benzene rings is 1.